The third-order valence-corrected chi connectivity index (χ3v) is 12.0. The van der Waals surface area contributed by atoms with E-state index < -0.39 is 0 Å². The van der Waals surface area contributed by atoms with Crippen molar-refractivity contribution in [1.29, 1.82) is 0 Å². The zero-order valence-corrected chi connectivity index (χ0v) is 35.1. The zero-order chi connectivity index (χ0) is 39.8. The summed E-state index contributed by atoms with van der Waals surface area (Å²) in [7, 11) is 0. The van der Waals surface area contributed by atoms with Crippen molar-refractivity contribution in [3.63, 3.8) is 0 Å². The van der Waals surface area contributed by atoms with Gasteiger partial charge in [-0.25, -0.2) is 0 Å². The molecule has 0 saturated heterocycles. The standard InChI is InChI=1S/C56H62O2/c1-3-5-7-9-11-13-15-21-41-57-47-38-34-45(35-39-47)32-29-43-27-30-44(31-28-43)33-36-46-37-40-52(58-42-22-16-14-12-10-8-6-4-2)56-53(46)54-48-23-17-19-25-50(48)55(56)51-26-20-18-24-49(51)54/h17-20,23-28,30-31,34-35,37-40,54-55H,3-16,21-22,41-42H2,1-2H3. The second-order valence-corrected chi connectivity index (χ2v) is 16.3. The molecule has 0 atom stereocenters. The van der Waals surface area contributed by atoms with E-state index in [0.29, 0.717) is 0 Å². The van der Waals surface area contributed by atoms with Crippen molar-refractivity contribution in [1.82, 2.24) is 0 Å². The second-order valence-electron chi connectivity index (χ2n) is 16.3. The number of unbranched alkanes of at least 4 members (excludes halogenated alkanes) is 14. The lowest BCUT2D eigenvalue weighted by molar-refractivity contribution is 0.300. The normalized spacial score (nSPS) is 14.3. The SMILES string of the molecule is CCCCCCCCCCOc1ccc(C#Cc2ccc(C#Cc3ccc(OCCCCCCCCCC)c4c3C3c5ccccc5C4c4ccccc43)cc2)cc1. The van der Waals surface area contributed by atoms with Crippen LogP contribution in [0.4, 0.5) is 0 Å². The molecular weight excluding hydrogens is 705 g/mol. The summed E-state index contributed by atoms with van der Waals surface area (Å²) in [5.41, 5.74) is 12.2. The fourth-order valence-electron chi connectivity index (χ4n) is 8.89. The van der Waals surface area contributed by atoms with Crippen LogP contribution in [0, 0.1) is 23.7 Å². The average Bonchev–Trinajstić information content (AvgIpc) is 3.27. The number of ether oxygens (including phenoxy) is 2. The average molecular weight is 767 g/mol. The predicted molar refractivity (Wildman–Crippen MR) is 242 cm³/mol. The Hall–Kier alpha value is -5.18. The highest BCUT2D eigenvalue weighted by Gasteiger charge is 2.43. The lowest BCUT2D eigenvalue weighted by Gasteiger charge is -2.43. The zero-order valence-electron chi connectivity index (χ0n) is 35.1. The molecule has 3 aliphatic carbocycles. The summed E-state index contributed by atoms with van der Waals surface area (Å²) in [6.07, 6.45) is 20.8. The van der Waals surface area contributed by atoms with E-state index in [1.54, 1.807) is 0 Å². The maximum Gasteiger partial charge on any atom is 0.123 e. The van der Waals surface area contributed by atoms with Crippen LogP contribution in [0.5, 0.6) is 11.5 Å². The molecule has 0 unspecified atom stereocenters. The van der Waals surface area contributed by atoms with Gasteiger partial charge in [-0.3, -0.25) is 0 Å². The molecule has 0 amide bonds. The molecule has 2 bridgehead atoms. The van der Waals surface area contributed by atoms with Crippen LogP contribution in [0.2, 0.25) is 0 Å². The van der Waals surface area contributed by atoms with Gasteiger partial charge in [0.2, 0.25) is 0 Å². The van der Waals surface area contributed by atoms with E-state index in [9.17, 15) is 0 Å². The quantitative estimate of drug-likeness (QED) is 0.0568. The molecule has 0 radical (unpaired) electrons. The highest BCUT2D eigenvalue weighted by molar-refractivity contribution is 5.73. The molecule has 0 N–H and O–H groups in total. The number of rotatable bonds is 20. The van der Waals surface area contributed by atoms with Crippen molar-refractivity contribution < 1.29 is 9.47 Å². The van der Waals surface area contributed by atoms with Crippen LogP contribution < -0.4 is 9.47 Å². The van der Waals surface area contributed by atoms with Gasteiger partial charge in [-0.15, -0.1) is 0 Å². The monoisotopic (exact) mass is 766 g/mol. The van der Waals surface area contributed by atoms with Gasteiger partial charge in [-0.2, -0.15) is 0 Å². The molecule has 298 valence electrons. The molecular formula is C56H62O2. The summed E-state index contributed by atoms with van der Waals surface area (Å²) in [5.74, 6) is 16.0. The topological polar surface area (TPSA) is 18.5 Å². The molecule has 5 aromatic rings. The van der Waals surface area contributed by atoms with Gasteiger partial charge in [-0.05, 0) is 101 Å². The van der Waals surface area contributed by atoms with Crippen molar-refractivity contribution in [2.24, 2.45) is 0 Å². The predicted octanol–water partition coefficient (Wildman–Crippen LogP) is 14.5. The Morgan fingerprint density at radius 2 is 0.776 bits per heavy atom. The lowest BCUT2D eigenvalue weighted by atomic mass is 9.60. The van der Waals surface area contributed by atoms with Crippen molar-refractivity contribution in [2.45, 2.75) is 128 Å². The maximum absolute atomic E-state index is 6.70. The molecule has 5 aromatic carbocycles. The van der Waals surface area contributed by atoms with Crippen LogP contribution in [0.25, 0.3) is 0 Å². The fraction of sp³-hybridized carbons (Fsp3) is 0.393. The van der Waals surface area contributed by atoms with E-state index in [1.165, 1.54) is 123 Å². The molecule has 0 aliphatic heterocycles. The van der Waals surface area contributed by atoms with Gasteiger partial charge in [0, 0.05) is 39.7 Å². The molecule has 2 heteroatoms. The Labute approximate surface area is 349 Å². The van der Waals surface area contributed by atoms with Crippen LogP contribution >= 0.6 is 0 Å². The van der Waals surface area contributed by atoms with Gasteiger partial charge in [-0.1, -0.05) is 176 Å². The maximum atomic E-state index is 6.70. The summed E-state index contributed by atoms with van der Waals surface area (Å²) >= 11 is 0. The van der Waals surface area contributed by atoms with Crippen LogP contribution in [-0.4, -0.2) is 13.2 Å². The van der Waals surface area contributed by atoms with Gasteiger partial charge in [0.25, 0.3) is 0 Å². The molecule has 0 heterocycles. The Morgan fingerprint density at radius 3 is 1.26 bits per heavy atom. The van der Waals surface area contributed by atoms with Crippen molar-refractivity contribution >= 4 is 0 Å². The first-order valence-corrected chi connectivity index (χ1v) is 22.6. The first-order chi connectivity index (χ1) is 28.7. The van der Waals surface area contributed by atoms with Crippen molar-refractivity contribution in [2.75, 3.05) is 13.2 Å². The van der Waals surface area contributed by atoms with Gasteiger partial charge >= 0.3 is 0 Å². The minimum absolute atomic E-state index is 0.136. The lowest BCUT2D eigenvalue weighted by Crippen LogP contribution is -2.29. The van der Waals surface area contributed by atoms with Crippen LogP contribution in [-0.2, 0) is 0 Å². The third kappa shape index (κ3) is 10.5. The van der Waals surface area contributed by atoms with Gasteiger partial charge in [0.15, 0.2) is 0 Å². The molecule has 58 heavy (non-hydrogen) atoms. The third-order valence-electron chi connectivity index (χ3n) is 12.0. The molecule has 0 aromatic heterocycles. The summed E-state index contributed by atoms with van der Waals surface area (Å²) < 4.78 is 12.7. The molecule has 0 saturated carbocycles. The summed E-state index contributed by atoms with van der Waals surface area (Å²) in [5, 5.41) is 0. The van der Waals surface area contributed by atoms with E-state index in [2.05, 4.69) is 122 Å². The summed E-state index contributed by atoms with van der Waals surface area (Å²) in [4.78, 5) is 0. The van der Waals surface area contributed by atoms with E-state index in [4.69, 9.17) is 9.47 Å². The molecule has 2 nitrogen and oxygen atoms in total. The van der Waals surface area contributed by atoms with Gasteiger partial charge < -0.3 is 9.47 Å². The highest BCUT2D eigenvalue weighted by Crippen LogP contribution is 2.58. The molecule has 0 spiro atoms. The van der Waals surface area contributed by atoms with E-state index in [1.807, 2.05) is 24.3 Å². The Balaban J connectivity index is 1.01. The minimum Gasteiger partial charge on any atom is -0.494 e. The Morgan fingerprint density at radius 1 is 0.379 bits per heavy atom. The number of benzene rings is 5. The van der Waals surface area contributed by atoms with Gasteiger partial charge in [0.1, 0.15) is 11.5 Å². The van der Waals surface area contributed by atoms with E-state index in [0.717, 1.165) is 59.8 Å². The number of hydrogen-bond donors (Lipinski definition) is 0. The second kappa shape index (κ2) is 21.5. The highest BCUT2D eigenvalue weighted by atomic mass is 16.5. The summed E-state index contributed by atoms with van der Waals surface area (Å²) in [6.45, 7) is 6.08. The fourth-order valence-corrected chi connectivity index (χ4v) is 8.89. The van der Waals surface area contributed by atoms with Crippen LogP contribution in [0.15, 0.2) is 109 Å². The van der Waals surface area contributed by atoms with E-state index in [-0.39, 0.29) is 11.8 Å². The Kier molecular flexibility index (Phi) is 15.2. The van der Waals surface area contributed by atoms with E-state index >= 15 is 0 Å². The van der Waals surface area contributed by atoms with Crippen LogP contribution in [0.1, 0.15) is 184 Å². The van der Waals surface area contributed by atoms with Gasteiger partial charge in [0.05, 0.1) is 13.2 Å². The molecule has 0 fully saturated rings. The molecule has 3 aliphatic rings. The Bertz CT molecular complexity index is 2140. The first-order valence-electron chi connectivity index (χ1n) is 22.6. The number of hydrogen-bond acceptors (Lipinski definition) is 2. The minimum atomic E-state index is 0.136. The van der Waals surface area contributed by atoms with Crippen molar-refractivity contribution in [3.8, 4) is 35.2 Å². The molecule has 8 rings (SSSR count). The first kappa shape index (κ1) is 41.0. The smallest absolute Gasteiger partial charge is 0.123 e. The van der Waals surface area contributed by atoms with Crippen molar-refractivity contribution in [3.05, 3.63) is 165 Å². The largest absolute Gasteiger partial charge is 0.494 e. The van der Waals surface area contributed by atoms with Crippen LogP contribution in [0.3, 0.4) is 0 Å². The summed E-state index contributed by atoms with van der Waals surface area (Å²) in [6, 6.07) is 38.9.